The maximum atomic E-state index is 13.1. The predicted octanol–water partition coefficient (Wildman–Crippen LogP) is 1.90. The number of primary amides is 1. The van der Waals surface area contributed by atoms with Crippen LogP contribution in [0.3, 0.4) is 0 Å². The van der Waals surface area contributed by atoms with Gasteiger partial charge in [0.15, 0.2) is 0 Å². The molecule has 1 unspecified atom stereocenters. The molecule has 1 aromatic carbocycles. The first-order valence-electron chi connectivity index (χ1n) is 9.17. The molecule has 32 heavy (non-hydrogen) atoms. The summed E-state index contributed by atoms with van der Waals surface area (Å²) in [4.78, 5) is 40.3. The van der Waals surface area contributed by atoms with E-state index in [1.807, 2.05) is 0 Å². The molecule has 0 aliphatic carbocycles. The van der Waals surface area contributed by atoms with E-state index in [2.05, 4.69) is 4.98 Å². The number of carbonyl (C=O) groups is 3. The van der Waals surface area contributed by atoms with Crippen molar-refractivity contribution < 1.29 is 32.7 Å². The van der Waals surface area contributed by atoms with Crippen molar-refractivity contribution in [3.8, 4) is 17.3 Å². The molecular weight excluding hydrogens is 431 g/mol. The lowest BCUT2D eigenvalue weighted by atomic mass is 10.00. The Labute approximate surface area is 179 Å². The molecule has 12 heteroatoms. The molecule has 3 rings (SSSR count). The molecule has 1 aliphatic rings. The summed E-state index contributed by atoms with van der Waals surface area (Å²) in [5, 5.41) is 18.2. The first-order chi connectivity index (χ1) is 14.9. The summed E-state index contributed by atoms with van der Waals surface area (Å²) < 4.78 is 39.2. The minimum atomic E-state index is -4.79. The zero-order chi connectivity index (χ0) is 23.8. The van der Waals surface area contributed by atoms with E-state index in [1.54, 1.807) is 6.07 Å². The Morgan fingerprint density at radius 3 is 2.56 bits per heavy atom. The monoisotopic (exact) mass is 447 g/mol. The Kier molecular flexibility index (Phi) is 5.76. The number of amides is 2. The molecule has 0 bridgehead atoms. The number of carbonyl (C=O) groups excluding carboxylic acids is 2. The Hall–Kier alpha value is -4.14. The van der Waals surface area contributed by atoms with Crippen molar-refractivity contribution in [3.05, 3.63) is 46.5 Å². The fourth-order valence-electron chi connectivity index (χ4n) is 3.51. The van der Waals surface area contributed by atoms with Gasteiger partial charge in [0.1, 0.15) is 17.9 Å². The Morgan fingerprint density at radius 2 is 2.00 bits per heavy atom. The van der Waals surface area contributed by atoms with Crippen LogP contribution >= 0.6 is 0 Å². The van der Waals surface area contributed by atoms with Crippen LogP contribution in [0.5, 0.6) is 0 Å². The molecule has 1 aliphatic heterocycles. The summed E-state index contributed by atoms with van der Waals surface area (Å²) in [6, 6.07) is 5.37. The van der Waals surface area contributed by atoms with Gasteiger partial charge in [0.25, 0.3) is 5.91 Å². The number of nitrogen functional groups attached to an aromatic ring is 1. The lowest BCUT2D eigenvalue weighted by Crippen LogP contribution is -2.45. The molecule has 5 N–H and O–H groups in total. The largest absolute Gasteiger partial charge is 0.481 e. The number of anilines is 1. The molecule has 2 amide bonds. The molecule has 2 aromatic rings. The van der Waals surface area contributed by atoms with Gasteiger partial charge in [-0.25, -0.2) is 4.98 Å². The maximum Gasteiger partial charge on any atom is 0.419 e. The van der Waals surface area contributed by atoms with Crippen molar-refractivity contribution in [1.29, 1.82) is 5.26 Å². The quantitative estimate of drug-likeness (QED) is 0.609. The fraction of sp³-hybridized carbons (Fsp3) is 0.250. The summed E-state index contributed by atoms with van der Waals surface area (Å²) in [7, 11) is 0. The zero-order valence-electron chi connectivity index (χ0n) is 16.3. The van der Waals surface area contributed by atoms with Crippen LogP contribution in [0.1, 0.15) is 39.9 Å². The average molecular weight is 447 g/mol. The summed E-state index contributed by atoms with van der Waals surface area (Å²) >= 11 is 0. The number of pyridine rings is 1. The number of nitrogens with two attached hydrogens (primary N) is 2. The van der Waals surface area contributed by atoms with Crippen molar-refractivity contribution in [2.45, 2.75) is 31.6 Å². The highest BCUT2D eigenvalue weighted by atomic mass is 19.4. The minimum absolute atomic E-state index is 0.0762. The number of alkyl halides is 3. The highest BCUT2D eigenvalue weighted by Gasteiger charge is 2.37. The van der Waals surface area contributed by atoms with Gasteiger partial charge in [0.2, 0.25) is 5.91 Å². The number of nitrogens with zero attached hydrogens (tertiary/aromatic N) is 3. The summed E-state index contributed by atoms with van der Waals surface area (Å²) in [5.41, 5.74) is 10.00. The Balaban J connectivity index is 1.99. The van der Waals surface area contributed by atoms with E-state index < -0.39 is 41.4 Å². The number of nitriles is 1. The lowest BCUT2D eigenvalue weighted by molar-refractivity contribution is -0.138. The number of carboxylic acid groups (broad SMARTS) is 1. The summed E-state index contributed by atoms with van der Waals surface area (Å²) in [6.07, 6.45) is -5.34. The average Bonchev–Trinajstić information content (AvgIpc) is 3.02. The lowest BCUT2D eigenvalue weighted by Gasteiger charge is -2.24. The first-order valence-corrected chi connectivity index (χ1v) is 9.17. The molecule has 9 nitrogen and oxygen atoms in total. The van der Waals surface area contributed by atoms with Crippen LogP contribution in [-0.4, -0.2) is 38.8 Å². The number of hydrogen-bond donors (Lipinski definition) is 3. The number of rotatable bonds is 6. The van der Waals surface area contributed by atoms with Gasteiger partial charge in [-0.3, -0.25) is 14.4 Å². The van der Waals surface area contributed by atoms with E-state index in [4.69, 9.17) is 16.6 Å². The summed E-state index contributed by atoms with van der Waals surface area (Å²) in [6.45, 7) is -0.0762. The molecule has 0 spiro atoms. The maximum absolute atomic E-state index is 13.1. The topological polar surface area (TPSA) is 163 Å². The zero-order valence-corrected chi connectivity index (χ0v) is 16.3. The van der Waals surface area contributed by atoms with Crippen molar-refractivity contribution in [1.82, 2.24) is 9.88 Å². The number of hydrogen-bond acceptors (Lipinski definition) is 6. The van der Waals surface area contributed by atoms with E-state index in [0.29, 0.717) is 11.6 Å². The van der Waals surface area contributed by atoms with Gasteiger partial charge in [0, 0.05) is 24.1 Å². The second-order valence-corrected chi connectivity index (χ2v) is 7.08. The molecule has 2 heterocycles. The highest BCUT2D eigenvalue weighted by molar-refractivity contribution is 6.01. The molecular formula is C20H16F3N5O4. The molecule has 0 radical (unpaired) electrons. The normalized spacial score (nSPS) is 14.1. The smallest absolute Gasteiger partial charge is 0.419 e. The van der Waals surface area contributed by atoms with E-state index in [9.17, 15) is 32.8 Å². The third-order valence-corrected chi connectivity index (χ3v) is 5.02. The molecule has 0 saturated carbocycles. The van der Waals surface area contributed by atoms with Crippen LogP contribution in [-0.2, 0) is 22.3 Å². The van der Waals surface area contributed by atoms with Crippen LogP contribution in [0.15, 0.2) is 24.3 Å². The van der Waals surface area contributed by atoms with E-state index in [0.717, 1.165) is 4.90 Å². The Bertz CT molecular complexity index is 1170. The van der Waals surface area contributed by atoms with Gasteiger partial charge in [0.05, 0.1) is 16.8 Å². The van der Waals surface area contributed by atoms with Crippen LogP contribution in [0, 0.1) is 11.3 Å². The van der Waals surface area contributed by atoms with E-state index in [1.165, 1.54) is 18.2 Å². The first kappa shape index (κ1) is 22.5. The molecule has 0 fully saturated rings. The van der Waals surface area contributed by atoms with Crippen LogP contribution in [0.4, 0.5) is 19.0 Å². The van der Waals surface area contributed by atoms with Crippen LogP contribution in [0.2, 0.25) is 0 Å². The standard InChI is InChI=1S/C20H16F3N5O4/c21-20(22,23)13-6-10(7-24)16(27-17(13)25)9-1-2-12-11(5-9)8-28(19(12)32)14(18(26)31)3-4-15(29)30/h1-2,5-6,14H,3-4,8H2,(H2,25,27)(H2,26,31)(H,29,30). The van der Waals surface area contributed by atoms with E-state index in [-0.39, 0.29) is 41.8 Å². The SMILES string of the molecule is N#Cc1cc(C(F)(F)F)c(N)nc1-c1ccc2c(c1)CN(C(CCC(=O)O)C(N)=O)C2=O. The minimum Gasteiger partial charge on any atom is -0.481 e. The number of carboxylic acids is 1. The van der Waals surface area contributed by atoms with Gasteiger partial charge in [-0.15, -0.1) is 0 Å². The number of aromatic nitrogens is 1. The van der Waals surface area contributed by atoms with Crippen molar-refractivity contribution in [2.24, 2.45) is 5.73 Å². The van der Waals surface area contributed by atoms with Gasteiger partial charge in [-0.1, -0.05) is 6.07 Å². The Morgan fingerprint density at radius 1 is 1.31 bits per heavy atom. The molecule has 1 atom stereocenters. The number of fused-ring (bicyclic) bond motifs is 1. The van der Waals surface area contributed by atoms with E-state index >= 15 is 0 Å². The number of benzene rings is 1. The third-order valence-electron chi connectivity index (χ3n) is 5.02. The molecule has 166 valence electrons. The second-order valence-electron chi connectivity index (χ2n) is 7.08. The van der Waals surface area contributed by atoms with Gasteiger partial charge >= 0.3 is 12.1 Å². The van der Waals surface area contributed by atoms with Crippen molar-refractivity contribution in [2.75, 3.05) is 5.73 Å². The summed E-state index contributed by atoms with van der Waals surface area (Å²) in [5.74, 6) is -3.36. The van der Waals surface area contributed by atoms with Crippen molar-refractivity contribution in [3.63, 3.8) is 0 Å². The fourth-order valence-corrected chi connectivity index (χ4v) is 3.51. The van der Waals surface area contributed by atoms with Crippen molar-refractivity contribution >= 4 is 23.6 Å². The molecule has 1 aromatic heterocycles. The molecule has 0 saturated heterocycles. The van der Waals surface area contributed by atoms with Crippen LogP contribution < -0.4 is 11.5 Å². The van der Waals surface area contributed by atoms with Gasteiger partial charge in [-0.05, 0) is 30.2 Å². The predicted molar refractivity (Wildman–Crippen MR) is 104 cm³/mol. The number of halogens is 3. The van der Waals surface area contributed by atoms with Gasteiger partial charge < -0.3 is 21.5 Å². The second kappa shape index (κ2) is 8.18. The van der Waals surface area contributed by atoms with Gasteiger partial charge in [-0.2, -0.15) is 18.4 Å². The van der Waals surface area contributed by atoms with Crippen LogP contribution in [0.25, 0.3) is 11.3 Å². The third kappa shape index (κ3) is 4.18. The highest BCUT2D eigenvalue weighted by Crippen LogP contribution is 2.37. The number of aliphatic carboxylic acids is 1.